The van der Waals surface area contributed by atoms with Crippen molar-refractivity contribution in [3.05, 3.63) is 160 Å². The van der Waals surface area contributed by atoms with E-state index in [1.54, 1.807) is 28.4 Å². The van der Waals surface area contributed by atoms with Crippen molar-refractivity contribution in [3.8, 4) is 0 Å². The van der Waals surface area contributed by atoms with Crippen molar-refractivity contribution in [2.24, 2.45) is 20.0 Å². The van der Waals surface area contributed by atoms with Crippen LogP contribution in [0, 0.1) is 27.7 Å². The van der Waals surface area contributed by atoms with E-state index < -0.39 is 0 Å². The highest BCUT2D eigenvalue weighted by atomic mass is 16.5. The van der Waals surface area contributed by atoms with Crippen molar-refractivity contribution in [2.45, 2.75) is 260 Å². The molecule has 0 unspecified atom stereocenters. The quantitative estimate of drug-likeness (QED) is 0.0452. The molecule has 4 aromatic heterocycles. The molecule has 14 heteroatoms. The van der Waals surface area contributed by atoms with Crippen LogP contribution in [0.5, 0.6) is 0 Å². The third kappa shape index (κ3) is 15.5. The summed E-state index contributed by atoms with van der Waals surface area (Å²) in [4.78, 5) is 40.8. The maximum Gasteiger partial charge on any atom is 0.164 e. The predicted octanol–water partition coefficient (Wildman–Crippen LogP) is 19.1. The minimum absolute atomic E-state index is 0.0236. The van der Waals surface area contributed by atoms with E-state index >= 15 is 0 Å². The summed E-state index contributed by atoms with van der Waals surface area (Å²) in [7, 11) is 7.11. The van der Waals surface area contributed by atoms with E-state index in [0.29, 0.717) is 23.3 Å². The molecule has 4 aliphatic carbocycles. The molecule has 2 aromatic carbocycles. The van der Waals surface area contributed by atoms with Gasteiger partial charge in [0.2, 0.25) is 0 Å². The van der Waals surface area contributed by atoms with E-state index in [2.05, 4.69) is 115 Å². The highest BCUT2D eigenvalue weighted by Gasteiger charge is 2.33. The molecule has 12 rings (SSSR count). The second kappa shape index (κ2) is 32.3. The molecule has 2 N–H and O–H groups in total. The maximum absolute atomic E-state index is 5.79. The Balaban J connectivity index is 0.000000192. The Morgan fingerprint density at radius 2 is 0.649 bits per heavy atom. The number of unbranched alkanes of at least 4 members (excludes halogenated alkanes) is 12. The second-order valence-corrected chi connectivity index (χ2v) is 27.4. The fourth-order valence-electron chi connectivity index (χ4n) is 15.3. The molecule has 0 amide bonds. The van der Waals surface area contributed by atoms with E-state index in [0.717, 1.165) is 145 Å². The Bertz CT molecular complexity index is 3560. The lowest BCUT2D eigenvalue weighted by atomic mass is 9.92. The molecule has 0 saturated carbocycles. The van der Waals surface area contributed by atoms with Crippen molar-refractivity contribution in [3.63, 3.8) is 0 Å². The summed E-state index contributed by atoms with van der Waals surface area (Å²) in [6.07, 6.45) is 32.3. The fourth-order valence-corrected chi connectivity index (χ4v) is 15.3. The van der Waals surface area contributed by atoms with Crippen LogP contribution < -0.4 is 10.6 Å². The molecule has 94 heavy (non-hydrogen) atoms. The van der Waals surface area contributed by atoms with E-state index in [4.69, 9.17) is 58.9 Å². The van der Waals surface area contributed by atoms with Crippen molar-refractivity contribution < 1.29 is 18.9 Å². The minimum Gasteiger partial charge on any atom is -0.375 e. The Morgan fingerprint density at radius 3 is 0.947 bits per heavy atom. The Kier molecular flexibility index (Phi) is 23.5. The van der Waals surface area contributed by atoms with Gasteiger partial charge in [0.25, 0.3) is 0 Å². The first-order valence-corrected chi connectivity index (χ1v) is 36.2. The van der Waals surface area contributed by atoms with Gasteiger partial charge < -0.3 is 29.6 Å². The molecule has 6 aliphatic rings. The van der Waals surface area contributed by atoms with Gasteiger partial charge >= 0.3 is 0 Å². The minimum atomic E-state index is 0.0236. The fraction of sp³-hybridized carbons (Fsp3) is 0.550. The smallest absolute Gasteiger partial charge is 0.164 e. The first-order valence-electron chi connectivity index (χ1n) is 36.2. The Hall–Kier alpha value is -6.84. The lowest BCUT2D eigenvalue weighted by Crippen LogP contribution is -2.15. The number of aryl methyl sites for hydroxylation is 8. The lowest BCUT2D eigenvalue weighted by Gasteiger charge is -2.16. The molecule has 0 spiro atoms. The number of ether oxygens (including phenoxy) is 4. The first-order chi connectivity index (χ1) is 45.9. The van der Waals surface area contributed by atoms with Gasteiger partial charge in [-0.15, -0.1) is 0 Å². The zero-order valence-corrected chi connectivity index (χ0v) is 58.9. The maximum atomic E-state index is 5.79. The van der Waals surface area contributed by atoms with Gasteiger partial charge in [-0.3, -0.25) is 0 Å². The number of hydrogen-bond donors (Lipinski definition) is 2. The molecule has 4 atom stereocenters. The molecule has 500 valence electrons. The highest BCUT2D eigenvalue weighted by Crippen LogP contribution is 2.41. The number of methoxy groups -OCH3 is 4. The third-order valence-electron chi connectivity index (χ3n) is 20.7. The average molecular weight is 1270 g/mol. The summed E-state index contributed by atoms with van der Waals surface area (Å²) in [5.41, 5.74) is 24.4. The Labute approximate surface area is 561 Å². The monoisotopic (exact) mass is 1270 g/mol. The number of benzene rings is 2. The molecule has 0 bridgehead atoms. The van der Waals surface area contributed by atoms with Crippen LogP contribution in [-0.2, 0) is 70.3 Å². The number of hydrogen-bond acceptors (Lipinski definition) is 12. The van der Waals surface area contributed by atoms with Gasteiger partial charge in [0.05, 0.1) is 47.2 Å². The molecule has 0 radical (unpaired) electrons. The second-order valence-electron chi connectivity index (χ2n) is 27.4. The van der Waals surface area contributed by atoms with Crippen molar-refractivity contribution in [1.29, 1.82) is 0 Å². The zero-order valence-electron chi connectivity index (χ0n) is 58.9. The molecule has 0 saturated heterocycles. The Morgan fingerprint density at radius 1 is 0.362 bits per heavy atom. The van der Waals surface area contributed by atoms with Crippen LogP contribution in [0.25, 0.3) is 0 Å². The van der Waals surface area contributed by atoms with Gasteiger partial charge in [-0.05, 0) is 246 Å². The summed E-state index contributed by atoms with van der Waals surface area (Å²) in [5.74, 6) is 6.02. The zero-order chi connectivity index (χ0) is 65.8. The summed E-state index contributed by atoms with van der Waals surface area (Å²) in [5, 5.41) is 7.28. The topological polar surface area (TPSA) is 162 Å². The standard InChI is InChI=1S/2C40H53N5O2/c2*1-7-9-11-13-15-27-23-31-32(24-28(27)16-14-12-10-8-2)40(44-36-22-26(4)30-18-20-34(47-6)38(30)42-36)45-39(31)43-35-21-25(3)29-17-19-33(46-5)37(29)41-35/h2*21-24,33-34H,7-20H2,1-6H3,(H,41,42,43,44,45)/t2*33-,34-/m11/s1. The number of aliphatic imine (C=N–C) groups is 4. The number of rotatable bonds is 28. The van der Waals surface area contributed by atoms with E-state index in [1.165, 1.54) is 169 Å². The van der Waals surface area contributed by atoms with E-state index in [-0.39, 0.29) is 24.4 Å². The number of fused-ring (bicyclic) bond motifs is 6. The average Bonchev–Trinajstić information content (AvgIpc) is 1.62. The third-order valence-corrected chi connectivity index (χ3v) is 20.7. The number of nitrogens with one attached hydrogen (secondary N) is 2. The van der Waals surface area contributed by atoms with Crippen LogP contribution in [0.2, 0.25) is 0 Å². The predicted molar refractivity (Wildman–Crippen MR) is 385 cm³/mol. The number of pyridine rings is 4. The first kappa shape index (κ1) is 68.5. The van der Waals surface area contributed by atoms with E-state index in [9.17, 15) is 0 Å². The van der Waals surface area contributed by atoms with Crippen molar-refractivity contribution in [2.75, 3.05) is 39.1 Å². The number of nitrogens with zero attached hydrogens (tertiary/aromatic N) is 8. The normalized spacial score (nSPS) is 18.9. The molecule has 2 aliphatic heterocycles. The molecular formula is C80H106N10O4. The molecule has 6 heterocycles. The van der Waals surface area contributed by atoms with Gasteiger partial charge in [0.1, 0.15) is 23.3 Å². The van der Waals surface area contributed by atoms with Crippen LogP contribution in [0.15, 0.2) is 68.5 Å². The van der Waals surface area contributed by atoms with Crippen LogP contribution in [0.3, 0.4) is 0 Å². The van der Waals surface area contributed by atoms with Gasteiger partial charge in [-0.1, -0.05) is 105 Å². The van der Waals surface area contributed by atoms with Crippen LogP contribution in [0.4, 0.5) is 23.3 Å². The largest absolute Gasteiger partial charge is 0.375 e. The number of anilines is 2. The van der Waals surface area contributed by atoms with Gasteiger partial charge in [0.15, 0.2) is 23.3 Å². The molecule has 0 fully saturated rings. The van der Waals surface area contributed by atoms with E-state index in [1.807, 2.05) is 0 Å². The van der Waals surface area contributed by atoms with Gasteiger partial charge in [-0.25, -0.2) is 39.9 Å². The van der Waals surface area contributed by atoms with Crippen LogP contribution in [-0.4, -0.2) is 71.7 Å². The summed E-state index contributed by atoms with van der Waals surface area (Å²) in [6.45, 7) is 17.8. The van der Waals surface area contributed by atoms with Crippen LogP contribution in [0.1, 0.15) is 292 Å². The summed E-state index contributed by atoms with van der Waals surface area (Å²) >= 11 is 0. The lowest BCUT2D eigenvalue weighted by molar-refractivity contribution is 0.102. The van der Waals surface area contributed by atoms with Gasteiger partial charge in [0, 0.05) is 50.7 Å². The number of amidine groups is 4. The molecular weight excluding hydrogens is 1160 g/mol. The SMILES string of the molecule is CCCCCCc1cc2c(cc1CCCCCC)C(Nc1cc(C)c3c(n1)[C@H](OC)CC3)=NC2=Nc1cc(C)c2c(n1)[C@H](OC)CC2.CCCCCCc1cc2c(cc1CCCCCC)C(Nc1cc(C)c3c(n1)[C@H](OC)CC3)=NC2=Nc1cc(C)c2c(n1)[C@H](OC)CC2. The number of aromatic nitrogens is 4. The molecule has 6 aromatic rings. The summed E-state index contributed by atoms with van der Waals surface area (Å²) in [6, 6.07) is 18.1. The van der Waals surface area contributed by atoms with Gasteiger partial charge in [-0.2, -0.15) is 0 Å². The highest BCUT2D eigenvalue weighted by molar-refractivity contribution is 6.27. The van der Waals surface area contributed by atoms with Crippen LogP contribution >= 0.6 is 0 Å². The summed E-state index contributed by atoms with van der Waals surface area (Å²) < 4.78 is 23.1. The van der Waals surface area contributed by atoms with Crippen molar-refractivity contribution in [1.82, 2.24) is 19.9 Å². The molecule has 14 nitrogen and oxygen atoms in total. The van der Waals surface area contributed by atoms with Crippen molar-refractivity contribution >= 4 is 46.6 Å².